The van der Waals surface area contributed by atoms with Crippen molar-refractivity contribution in [3.8, 4) is 0 Å². The minimum absolute atomic E-state index is 0.124. The number of halogens is 2. The zero-order valence-electron chi connectivity index (χ0n) is 12.8. The predicted octanol–water partition coefficient (Wildman–Crippen LogP) is 4.47. The molecule has 3 N–H and O–H groups in total. The zero-order chi connectivity index (χ0) is 16.9. The minimum atomic E-state index is 0.124. The normalized spacial score (nSPS) is 10.8. The summed E-state index contributed by atoms with van der Waals surface area (Å²) in [7, 11) is 0. The first kappa shape index (κ1) is 16.8. The molecule has 0 amide bonds. The van der Waals surface area contributed by atoms with Gasteiger partial charge in [-0.2, -0.15) is 4.98 Å². The van der Waals surface area contributed by atoms with Crippen LogP contribution in [0, 0.1) is 0 Å². The Bertz CT molecular complexity index is 857. The maximum Gasteiger partial charge on any atom is 0.229 e. The lowest BCUT2D eigenvalue weighted by Crippen LogP contribution is -2.08. The number of hydrogen-bond donors (Lipinski definition) is 3. The van der Waals surface area contributed by atoms with Crippen LogP contribution in [0.5, 0.6) is 0 Å². The van der Waals surface area contributed by atoms with Crippen LogP contribution in [0.3, 0.4) is 0 Å². The summed E-state index contributed by atoms with van der Waals surface area (Å²) in [6.07, 6.45) is 0.640. The van der Waals surface area contributed by atoms with Crippen molar-refractivity contribution in [1.82, 2.24) is 9.97 Å². The van der Waals surface area contributed by atoms with Crippen molar-refractivity contribution < 1.29 is 5.11 Å². The van der Waals surface area contributed by atoms with Crippen molar-refractivity contribution in [3.05, 3.63) is 52.5 Å². The number of anilines is 3. The highest BCUT2D eigenvalue weighted by Crippen LogP contribution is 2.29. The fourth-order valence-electron chi connectivity index (χ4n) is 2.27. The number of nitrogens with one attached hydrogen (secondary N) is 2. The first-order valence-electron chi connectivity index (χ1n) is 7.51. The van der Waals surface area contributed by atoms with E-state index in [2.05, 4.69) is 20.6 Å². The van der Waals surface area contributed by atoms with Crippen LogP contribution < -0.4 is 10.6 Å². The van der Waals surface area contributed by atoms with Crippen molar-refractivity contribution in [1.29, 1.82) is 0 Å². The summed E-state index contributed by atoms with van der Waals surface area (Å²) in [6, 6.07) is 12.9. The second kappa shape index (κ2) is 7.66. The molecular weight excluding hydrogens is 347 g/mol. The Hall–Kier alpha value is -2.08. The van der Waals surface area contributed by atoms with E-state index < -0.39 is 0 Å². The van der Waals surface area contributed by atoms with Gasteiger partial charge in [-0.25, -0.2) is 4.98 Å². The van der Waals surface area contributed by atoms with Gasteiger partial charge in [0.1, 0.15) is 5.82 Å². The molecule has 3 aromatic rings. The molecule has 124 valence electrons. The molecule has 0 saturated carbocycles. The third kappa shape index (κ3) is 3.87. The Morgan fingerprint density at radius 3 is 2.71 bits per heavy atom. The summed E-state index contributed by atoms with van der Waals surface area (Å²) in [4.78, 5) is 9.04. The van der Waals surface area contributed by atoms with Gasteiger partial charge in [-0.15, -0.1) is 0 Å². The lowest BCUT2D eigenvalue weighted by atomic mass is 10.2. The van der Waals surface area contributed by atoms with Crippen molar-refractivity contribution in [2.45, 2.75) is 6.42 Å². The van der Waals surface area contributed by atoms with Crippen molar-refractivity contribution in [2.75, 3.05) is 23.8 Å². The summed E-state index contributed by atoms with van der Waals surface area (Å²) in [5.74, 6) is 1.12. The Balaban J connectivity index is 1.97. The third-order valence-electron chi connectivity index (χ3n) is 3.41. The number of aliphatic hydroxyl groups is 1. The van der Waals surface area contributed by atoms with Gasteiger partial charge < -0.3 is 15.7 Å². The molecule has 0 atom stereocenters. The number of aliphatic hydroxyl groups excluding tert-OH is 1. The van der Waals surface area contributed by atoms with E-state index in [4.69, 9.17) is 28.3 Å². The third-order valence-corrected chi connectivity index (χ3v) is 3.97. The van der Waals surface area contributed by atoms with Gasteiger partial charge in [0.25, 0.3) is 0 Å². The predicted molar refractivity (Wildman–Crippen MR) is 99.5 cm³/mol. The molecular formula is C17H16Cl2N4O. The van der Waals surface area contributed by atoms with Crippen LogP contribution in [0.2, 0.25) is 10.0 Å². The lowest BCUT2D eigenvalue weighted by Gasteiger charge is -2.12. The van der Waals surface area contributed by atoms with Crippen LogP contribution in [0.15, 0.2) is 42.5 Å². The Kier molecular flexibility index (Phi) is 5.35. The number of para-hydroxylation sites is 1. The van der Waals surface area contributed by atoms with Gasteiger partial charge in [0.15, 0.2) is 0 Å². The fraction of sp³-hybridized carbons (Fsp3) is 0.176. The second-order valence-electron chi connectivity index (χ2n) is 5.17. The van der Waals surface area contributed by atoms with E-state index in [0.717, 1.165) is 10.9 Å². The van der Waals surface area contributed by atoms with Crippen molar-refractivity contribution >= 4 is 51.6 Å². The van der Waals surface area contributed by atoms with E-state index in [1.165, 1.54) is 0 Å². The van der Waals surface area contributed by atoms with Crippen LogP contribution in [-0.4, -0.2) is 28.2 Å². The molecule has 3 rings (SSSR count). The van der Waals surface area contributed by atoms with Crippen LogP contribution >= 0.6 is 23.2 Å². The quantitative estimate of drug-likeness (QED) is 0.564. The molecule has 0 aliphatic carbocycles. The van der Waals surface area contributed by atoms with Crippen LogP contribution in [0.4, 0.5) is 17.5 Å². The summed E-state index contributed by atoms with van der Waals surface area (Å²) in [6.45, 7) is 0.744. The van der Waals surface area contributed by atoms with Gasteiger partial charge in [0.05, 0.1) is 16.2 Å². The maximum atomic E-state index is 8.95. The molecule has 0 unspecified atom stereocenters. The Morgan fingerprint density at radius 1 is 1.04 bits per heavy atom. The summed E-state index contributed by atoms with van der Waals surface area (Å²) in [5, 5.41) is 17.3. The number of fused-ring (bicyclic) bond motifs is 1. The van der Waals surface area contributed by atoms with Crippen molar-refractivity contribution in [2.24, 2.45) is 0 Å². The molecule has 5 nitrogen and oxygen atoms in total. The summed E-state index contributed by atoms with van der Waals surface area (Å²) >= 11 is 12.2. The van der Waals surface area contributed by atoms with Gasteiger partial charge in [-0.05, 0) is 36.8 Å². The Morgan fingerprint density at radius 2 is 1.88 bits per heavy atom. The lowest BCUT2D eigenvalue weighted by molar-refractivity contribution is 0.292. The van der Waals surface area contributed by atoms with E-state index in [1.807, 2.05) is 24.3 Å². The summed E-state index contributed by atoms with van der Waals surface area (Å²) < 4.78 is 0. The largest absolute Gasteiger partial charge is 0.396 e. The first-order chi connectivity index (χ1) is 11.7. The molecule has 0 saturated heterocycles. The van der Waals surface area contributed by atoms with E-state index in [0.29, 0.717) is 40.5 Å². The minimum Gasteiger partial charge on any atom is -0.396 e. The van der Waals surface area contributed by atoms with E-state index >= 15 is 0 Å². The number of rotatable bonds is 6. The SMILES string of the molecule is OCCCNc1nc(Nc2cc(Cl)ccc2Cl)nc2ccccc12. The number of nitrogens with zero attached hydrogens (tertiary/aromatic N) is 2. The van der Waals surface area contributed by atoms with E-state index in [-0.39, 0.29) is 6.61 Å². The summed E-state index contributed by atoms with van der Waals surface area (Å²) in [5.41, 5.74) is 1.44. The zero-order valence-corrected chi connectivity index (χ0v) is 14.3. The van der Waals surface area contributed by atoms with Gasteiger partial charge in [-0.3, -0.25) is 0 Å². The van der Waals surface area contributed by atoms with E-state index in [9.17, 15) is 0 Å². The van der Waals surface area contributed by atoms with Crippen LogP contribution in [0.1, 0.15) is 6.42 Å². The molecule has 2 aromatic carbocycles. The average Bonchev–Trinajstić information content (AvgIpc) is 2.58. The molecule has 0 bridgehead atoms. The fourth-order valence-corrected chi connectivity index (χ4v) is 2.60. The standard InChI is InChI=1S/C17H16Cl2N4O/c18-11-6-7-13(19)15(10-11)22-17-21-14-5-2-1-4-12(14)16(23-17)20-8-3-9-24/h1-2,4-7,10,24H,3,8-9H2,(H2,20,21,22,23). The maximum absolute atomic E-state index is 8.95. The first-order valence-corrected chi connectivity index (χ1v) is 8.26. The molecule has 24 heavy (non-hydrogen) atoms. The van der Waals surface area contributed by atoms with Crippen molar-refractivity contribution in [3.63, 3.8) is 0 Å². The van der Waals surface area contributed by atoms with Gasteiger partial charge in [-0.1, -0.05) is 35.3 Å². The van der Waals surface area contributed by atoms with Gasteiger partial charge >= 0.3 is 0 Å². The molecule has 0 aliphatic heterocycles. The van der Waals surface area contributed by atoms with Gasteiger partial charge in [0, 0.05) is 23.6 Å². The second-order valence-corrected chi connectivity index (χ2v) is 6.01. The smallest absolute Gasteiger partial charge is 0.229 e. The van der Waals surface area contributed by atoms with Crippen LogP contribution in [0.25, 0.3) is 10.9 Å². The number of aromatic nitrogens is 2. The molecule has 1 heterocycles. The van der Waals surface area contributed by atoms with E-state index in [1.54, 1.807) is 18.2 Å². The molecule has 7 heteroatoms. The highest BCUT2D eigenvalue weighted by Gasteiger charge is 2.09. The molecule has 0 fully saturated rings. The molecule has 0 aliphatic rings. The highest BCUT2D eigenvalue weighted by atomic mass is 35.5. The number of hydrogen-bond acceptors (Lipinski definition) is 5. The topological polar surface area (TPSA) is 70.1 Å². The number of benzene rings is 2. The van der Waals surface area contributed by atoms with Crippen LogP contribution in [-0.2, 0) is 0 Å². The average molecular weight is 363 g/mol. The molecule has 0 radical (unpaired) electrons. The highest BCUT2D eigenvalue weighted by molar-refractivity contribution is 6.35. The Labute approximate surface area is 149 Å². The van der Waals surface area contributed by atoms with Gasteiger partial charge in [0.2, 0.25) is 5.95 Å². The molecule has 0 spiro atoms. The monoisotopic (exact) mass is 362 g/mol. The molecule has 1 aromatic heterocycles.